The summed E-state index contributed by atoms with van der Waals surface area (Å²) in [6.07, 6.45) is 0.381. The zero-order valence-electron chi connectivity index (χ0n) is 9.54. The van der Waals surface area contributed by atoms with Gasteiger partial charge in [0.1, 0.15) is 0 Å². The number of esters is 1. The van der Waals surface area contributed by atoms with Gasteiger partial charge in [0.15, 0.2) is 0 Å². The molecule has 0 aromatic heterocycles. The van der Waals surface area contributed by atoms with Crippen molar-refractivity contribution in [2.75, 3.05) is 11.9 Å². The van der Waals surface area contributed by atoms with Gasteiger partial charge in [0.05, 0.1) is 17.1 Å². The van der Waals surface area contributed by atoms with E-state index in [2.05, 4.69) is 5.32 Å². The molecule has 0 spiro atoms. The van der Waals surface area contributed by atoms with Gasteiger partial charge in [-0.15, -0.1) is 0 Å². The maximum absolute atomic E-state index is 11.5. The molecule has 0 saturated carbocycles. The second kappa shape index (κ2) is 5.61. The van der Waals surface area contributed by atoms with Crippen molar-refractivity contribution in [1.29, 1.82) is 0 Å². The van der Waals surface area contributed by atoms with Gasteiger partial charge in [0.2, 0.25) is 16.4 Å². The number of carbonyl (C=O) groups is 2. The van der Waals surface area contributed by atoms with Crippen molar-refractivity contribution in [3.8, 4) is 0 Å². The summed E-state index contributed by atoms with van der Waals surface area (Å²) in [5.41, 5.74) is 0.0397. The Bertz CT molecular complexity index is 568. The van der Waals surface area contributed by atoms with Crippen LogP contribution in [-0.4, -0.2) is 27.4 Å². The van der Waals surface area contributed by atoms with Crippen LogP contribution in [0.3, 0.4) is 0 Å². The lowest BCUT2D eigenvalue weighted by Gasteiger charge is -2.08. The van der Waals surface area contributed by atoms with Gasteiger partial charge < -0.3 is 10.1 Å². The van der Waals surface area contributed by atoms with Gasteiger partial charge in [-0.2, -0.15) is 0 Å². The van der Waals surface area contributed by atoms with Crippen LogP contribution in [0.1, 0.15) is 17.3 Å². The Morgan fingerprint density at radius 1 is 1.50 bits per heavy atom. The summed E-state index contributed by atoms with van der Waals surface area (Å²) >= 11 is 0. The summed E-state index contributed by atoms with van der Waals surface area (Å²) in [4.78, 5) is 21.4. The van der Waals surface area contributed by atoms with Crippen LogP contribution < -0.4 is 10.5 Å². The van der Waals surface area contributed by atoms with Gasteiger partial charge in [0, 0.05) is 5.69 Å². The molecular weight excluding hydrogens is 260 g/mol. The number of nitrogens with two attached hydrogens (primary N) is 1. The summed E-state index contributed by atoms with van der Waals surface area (Å²) in [7, 11) is -4.09. The first-order chi connectivity index (χ1) is 8.40. The SMILES string of the molecule is CCOC(=O)c1ccc(NC=O)cc1S(N)(=O)=O. The third-order valence-corrected chi connectivity index (χ3v) is 2.96. The normalized spacial score (nSPS) is 10.8. The Morgan fingerprint density at radius 2 is 2.17 bits per heavy atom. The van der Waals surface area contributed by atoms with Crippen molar-refractivity contribution in [2.45, 2.75) is 11.8 Å². The van der Waals surface area contributed by atoms with Crippen molar-refractivity contribution in [2.24, 2.45) is 5.14 Å². The monoisotopic (exact) mass is 272 g/mol. The van der Waals surface area contributed by atoms with Crippen LogP contribution in [-0.2, 0) is 19.6 Å². The Morgan fingerprint density at radius 3 is 2.67 bits per heavy atom. The number of ether oxygens (including phenoxy) is 1. The summed E-state index contributed by atoms with van der Waals surface area (Å²) < 4.78 is 27.5. The smallest absolute Gasteiger partial charge is 0.339 e. The third kappa shape index (κ3) is 3.28. The number of amides is 1. The van der Waals surface area contributed by atoms with Gasteiger partial charge in [0.25, 0.3) is 0 Å². The molecule has 0 aliphatic rings. The van der Waals surface area contributed by atoms with E-state index < -0.39 is 20.9 Å². The number of hydrogen-bond acceptors (Lipinski definition) is 5. The van der Waals surface area contributed by atoms with Gasteiger partial charge in [-0.25, -0.2) is 18.4 Å². The number of benzene rings is 1. The van der Waals surface area contributed by atoms with E-state index in [0.29, 0.717) is 6.41 Å². The second-order valence-electron chi connectivity index (χ2n) is 3.24. The molecule has 0 bridgehead atoms. The molecule has 18 heavy (non-hydrogen) atoms. The summed E-state index contributed by atoms with van der Waals surface area (Å²) in [5, 5.41) is 7.27. The van der Waals surface area contributed by atoms with E-state index in [0.717, 1.165) is 6.07 Å². The first kappa shape index (κ1) is 14.1. The summed E-state index contributed by atoms with van der Waals surface area (Å²) in [6.45, 7) is 1.70. The van der Waals surface area contributed by atoms with E-state index in [1.807, 2.05) is 0 Å². The summed E-state index contributed by atoms with van der Waals surface area (Å²) in [5.74, 6) is -0.792. The molecule has 0 fully saturated rings. The Hall–Kier alpha value is -1.93. The topological polar surface area (TPSA) is 116 Å². The molecule has 0 aliphatic heterocycles. The van der Waals surface area contributed by atoms with Crippen LogP contribution >= 0.6 is 0 Å². The van der Waals surface area contributed by atoms with Crippen molar-refractivity contribution in [1.82, 2.24) is 0 Å². The maximum atomic E-state index is 11.5. The molecule has 7 nitrogen and oxygen atoms in total. The number of sulfonamides is 1. The van der Waals surface area contributed by atoms with Crippen LogP contribution in [0.15, 0.2) is 23.1 Å². The standard InChI is InChI=1S/C10H12N2O5S/c1-2-17-10(14)8-4-3-7(12-6-13)5-9(8)18(11,15)16/h3-6H,2H2,1H3,(H,12,13)(H2,11,15,16). The summed E-state index contributed by atoms with van der Waals surface area (Å²) in [6, 6.07) is 3.69. The molecular formula is C10H12N2O5S. The highest BCUT2D eigenvalue weighted by Crippen LogP contribution is 2.20. The van der Waals surface area contributed by atoms with E-state index in [-0.39, 0.29) is 17.9 Å². The van der Waals surface area contributed by atoms with Crippen molar-refractivity contribution >= 4 is 28.1 Å². The van der Waals surface area contributed by atoms with Gasteiger partial charge in [-0.05, 0) is 25.1 Å². The number of anilines is 1. The molecule has 0 unspecified atom stereocenters. The van der Waals surface area contributed by atoms with E-state index in [4.69, 9.17) is 9.88 Å². The molecule has 8 heteroatoms. The molecule has 0 atom stereocenters. The number of nitrogens with one attached hydrogen (secondary N) is 1. The molecule has 1 aromatic carbocycles. The zero-order valence-corrected chi connectivity index (χ0v) is 10.4. The predicted octanol–water partition coefficient (Wildman–Crippen LogP) is 0.0790. The zero-order chi connectivity index (χ0) is 13.8. The first-order valence-corrected chi connectivity index (χ1v) is 6.49. The van der Waals surface area contributed by atoms with Crippen LogP contribution in [0.2, 0.25) is 0 Å². The van der Waals surface area contributed by atoms with Crippen LogP contribution in [0.5, 0.6) is 0 Å². The average molecular weight is 272 g/mol. The second-order valence-corrected chi connectivity index (χ2v) is 4.77. The highest BCUT2D eigenvalue weighted by atomic mass is 32.2. The molecule has 0 heterocycles. The Kier molecular flexibility index (Phi) is 4.40. The predicted molar refractivity (Wildman–Crippen MR) is 63.5 cm³/mol. The maximum Gasteiger partial charge on any atom is 0.339 e. The highest BCUT2D eigenvalue weighted by molar-refractivity contribution is 7.89. The number of primary sulfonamides is 1. The number of rotatable bonds is 5. The fraction of sp³-hybridized carbons (Fsp3) is 0.200. The van der Waals surface area contributed by atoms with Crippen LogP contribution in [0, 0.1) is 0 Å². The average Bonchev–Trinajstić information content (AvgIpc) is 2.28. The van der Waals surface area contributed by atoms with E-state index in [1.165, 1.54) is 12.1 Å². The number of carbonyl (C=O) groups excluding carboxylic acids is 2. The van der Waals surface area contributed by atoms with Crippen molar-refractivity contribution in [3.05, 3.63) is 23.8 Å². The number of hydrogen-bond donors (Lipinski definition) is 2. The van der Waals surface area contributed by atoms with E-state index >= 15 is 0 Å². The largest absolute Gasteiger partial charge is 0.462 e. The Balaban J connectivity index is 3.34. The molecule has 1 amide bonds. The minimum atomic E-state index is -4.09. The third-order valence-electron chi connectivity index (χ3n) is 2.01. The fourth-order valence-electron chi connectivity index (χ4n) is 1.29. The van der Waals surface area contributed by atoms with Gasteiger partial charge in [-0.1, -0.05) is 0 Å². The van der Waals surface area contributed by atoms with E-state index in [1.54, 1.807) is 6.92 Å². The lowest BCUT2D eigenvalue weighted by molar-refractivity contribution is -0.105. The molecule has 98 valence electrons. The lowest BCUT2D eigenvalue weighted by atomic mass is 10.2. The molecule has 1 rings (SSSR count). The minimum Gasteiger partial charge on any atom is -0.462 e. The Labute approximate surface area is 104 Å². The van der Waals surface area contributed by atoms with E-state index in [9.17, 15) is 18.0 Å². The molecule has 1 aromatic rings. The first-order valence-electron chi connectivity index (χ1n) is 4.94. The molecule has 0 aliphatic carbocycles. The van der Waals surface area contributed by atoms with Crippen LogP contribution in [0.4, 0.5) is 5.69 Å². The highest BCUT2D eigenvalue weighted by Gasteiger charge is 2.20. The van der Waals surface area contributed by atoms with Gasteiger partial charge in [-0.3, -0.25) is 4.79 Å². The molecule has 3 N–H and O–H groups in total. The van der Waals surface area contributed by atoms with Gasteiger partial charge >= 0.3 is 5.97 Å². The fourth-order valence-corrected chi connectivity index (χ4v) is 2.04. The molecule has 0 saturated heterocycles. The quantitative estimate of drug-likeness (QED) is 0.581. The lowest BCUT2D eigenvalue weighted by Crippen LogP contribution is -2.18. The molecule has 0 radical (unpaired) electrons. The van der Waals surface area contributed by atoms with Crippen molar-refractivity contribution < 1.29 is 22.7 Å². The minimum absolute atomic E-state index is 0.108. The van der Waals surface area contributed by atoms with Crippen LogP contribution in [0.25, 0.3) is 0 Å². The van der Waals surface area contributed by atoms with Crippen molar-refractivity contribution in [3.63, 3.8) is 0 Å².